The molecule has 0 radical (unpaired) electrons. The summed E-state index contributed by atoms with van der Waals surface area (Å²) in [6.45, 7) is 2.12. The summed E-state index contributed by atoms with van der Waals surface area (Å²) in [5, 5.41) is 0. The molecule has 0 aromatic heterocycles. The fourth-order valence-electron chi connectivity index (χ4n) is 2.88. The van der Waals surface area contributed by atoms with Gasteiger partial charge in [0.05, 0.1) is 0 Å². The summed E-state index contributed by atoms with van der Waals surface area (Å²) in [6.07, 6.45) is 2.33. The molecule has 28 heavy (non-hydrogen) atoms. The summed E-state index contributed by atoms with van der Waals surface area (Å²) in [7, 11) is -9.74. The van der Waals surface area contributed by atoms with Crippen LogP contribution in [0.4, 0.5) is 0 Å². The molecule has 7 nitrogen and oxygen atoms in total. The molecule has 0 aliphatic heterocycles. The first-order valence-corrected chi connectivity index (χ1v) is 12.2. The highest BCUT2D eigenvalue weighted by atomic mass is 32.2. The van der Waals surface area contributed by atoms with E-state index in [1.54, 1.807) is 12.1 Å². The minimum absolute atomic E-state index is 0.203. The third-order valence-corrected chi connectivity index (χ3v) is 7.79. The zero-order valence-corrected chi connectivity index (χ0v) is 17.3. The van der Waals surface area contributed by atoms with Crippen LogP contribution in [0, 0.1) is 0 Å². The maximum atomic E-state index is 11.2. The average molecular weight is 428 g/mol. The minimum Gasteiger partial charge on any atom is -0.457 e. The molecule has 0 saturated heterocycles. The van der Waals surface area contributed by atoms with Crippen LogP contribution in [0.5, 0.6) is 11.5 Å². The lowest BCUT2D eigenvalue weighted by Gasteiger charge is -2.15. The van der Waals surface area contributed by atoms with Crippen molar-refractivity contribution in [2.24, 2.45) is 0 Å². The number of hydrogen-bond acceptors (Lipinski definition) is 4. The van der Waals surface area contributed by atoms with Gasteiger partial charge in [-0.05, 0) is 61.1 Å². The van der Waals surface area contributed by atoms with Crippen LogP contribution in [-0.2, 0) is 27.5 Å². The molecule has 3 N–H and O–H groups in total. The first-order chi connectivity index (χ1) is 13.1. The predicted octanol–water partition coefficient (Wildman–Crippen LogP) is 4.15. The third kappa shape index (κ3) is 7.04. The highest BCUT2D eigenvalue weighted by Crippen LogP contribution is 2.46. The molecule has 0 saturated carbocycles. The quantitative estimate of drug-likeness (QED) is 0.384. The van der Waals surface area contributed by atoms with Gasteiger partial charge < -0.3 is 14.5 Å². The van der Waals surface area contributed by atoms with Crippen molar-refractivity contribution in [1.29, 1.82) is 0 Å². The Balaban J connectivity index is 1.94. The van der Waals surface area contributed by atoms with Crippen LogP contribution in [0.25, 0.3) is 0 Å². The molecule has 1 atom stereocenters. The summed E-state index contributed by atoms with van der Waals surface area (Å²) in [5.41, 5.74) is 2.07. The number of benzene rings is 2. The monoisotopic (exact) mass is 428 g/mol. The Labute approximate surface area is 165 Å². The van der Waals surface area contributed by atoms with Crippen molar-refractivity contribution in [3.05, 3.63) is 59.7 Å². The summed E-state index contributed by atoms with van der Waals surface area (Å²) in [6, 6.07) is 15.1. The lowest BCUT2D eigenvalue weighted by Crippen LogP contribution is -2.20. The molecule has 1 unspecified atom stereocenters. The Morgan fingerprint density at radius 2 is 1.68 bits per heavy atom. The van der Waals surface area contributed by atoms with Crippen LogP contribution in [0.3, 0.4) is 0 Å². The minimum atomic E-state index is -4.93. The first kappa shape index (κ1) is 22.6. The molecule has 0 fully saturated rings. The maximum Gasteiger partial charge on any atom is 0.346 e. The van der Waals surface area contributed by atoms with Gasteiger partial charge in [0.2, 0.25) is 0 Å². The second kappa shape index (κ2) is 9.67. The SMILES string of the molecule is CCCc1cccc(Oc2ccc(CCCC(P(=O)(O)O)S(=O)(=O)O)cc2)c1. The standard InChI is InChI=1S/C19H25O7PS/c1-2-5-16-7-3-8-18(14-16)26-17-12-10-15(11-13-17)6-4-9-19(27(20,21)22)28(23,24)25/h3,7-8,10-14,19H,2,4-6,9H2,1H3,(H2,20,21,22)(H,23,24,25). The van der Waals surface area contributed by atoms with Gasteiger partial charge in [-0.25, -0.2) is 0 Å². The summed E-state index contributed by atoms with van der Waals surface area (Å²) >= 11 is 0. The van der Waals surface area contributed by atoms with Gasteiger partial charge in [-0.2, -0.15) is 8.42 Å². The van der Waals surface area contributed by atoms with Crippen molar-refractivity contribution in [2.45, 2.75) is 44.0 Å². The number of aryl methyl sites for hydroxylation is 2. The van der Waals surface area contributed by atoms with Crippen molar-refractivity contribution >= 4 is 17.7 Å². The topological polar surface area (TPSA) is 121 Å². The molecule has 0 aliphatic rings. The van der Waals surface area contributed by atoms with Crippen molar-refractivity contribution < 1.29 is 32.1 Å². The van der Waals surface area contributed by atoms with E-state index in [0.717, 1.165) is 24.2 Å². The molecule has 0 bridgehead atoms. The van der Waals surface area contributed by atoms with Gasteiger partial charge >= 0.3 is 7.60 Å². The summed E-state index contributed by atoms with van der Waals surface area (Å²) in [5.74, 6) is 1.40. The van der Waals surface area contributed by atoms with Crippen LogP contribution in [0.1, 0.15) is 37.3 Å². The number of ether oxygens (including phenoxy) is 1. The van der Waals surface area contributed by atoms with Crippen LogP contribution in [0.2, 0.25) is 0 Å². The van der Waals surface area contributed by atoms with Gasteiger partial charge in [0, 0.05) is 0 Å². The van der Waals surface area contributed by atoms with E-state index in [4.69, 9.17) is 19.1 Å². The van der Waals surface area contributed by atoms with E-state index in [9.17, 15) is 13.0 Å². The molecule has 2 rings (SSSR count). The third-order valence-electron chi connectivity index (χ3n) is 4.23. The van der Waals surface area contributed by atoms with Crippen LogP contribution >= 0.6 is 7.60 Å². The largest absolute Gasteiger partial charge is 0.457 e. The second-order valence-electron chi connectivity index (χ2n) is 6.59. The van der Waals surface area contributed by atoms with Crippen LogP contribution in [-0.4, -0.2) is 27.7 Å². The second-order valence-corrected chi connectivity index (χ2v) is 10.3. The van der Waals surface area contributed by atoms with Crippen molar-refractivity contribution in [3.63, 3.8) is 0 Å². The molecule has 154 valence electrons. The van der Waals surface area contributed by atoms with Crippen molar-refractivity contribution in [1.82, 2.24) is 0 Å². The van der Waals surface area contributed by atoms with Gasteiger partial charge in [-0.3, -0.25) is 9.12 Å². The smallest absolute Gasteiger partial charge is 0.346 e. The number of rotatable bonds is 10. The average Bonchev–Trinajstić information content (AvgIpc) is 2.58. The predicted molar refractivity (Wildman–Crippen MR) is 107 cm³/mol. The molecule has 0 spiro atoms. The molecule has 2 aromatic carbocycles. The summed E-state index contributed by atoms with van der Waals surface area (Å²) < 4.78 is 48.4. The zero-order chi connectivity index (χ0) is 20.8. The van der Waals surface area contributed by atoms with E-state index < -0.39 is 22.7 Å². The van der Waals surface area contributed by atoms with Crippen molar-refractivity contribution in [2.75, 3.05) is 0 Å². The van der Waals surface area contributed by atoms with E-state index in [0.29, 0.717) is 12.2 Å². The molecular weight excluding hydrogens is 403 g/mol. The van der Waals surface area contributed by atoms with E-state index in [2.05, 4.69) is 13.0 Å². The molecule has 0 heterocycles. The zero-order valence-electron chi connectivity index (χ0n) is 15.6. The van der Waals surface area contributed by atoms with Gasteiger partial charge in [-0.1, -0.05) is 37.6 Å². The molecule has 0 aliphatic carbocycles. The highest BCUT2D eigenvalue weighted by Gasteiger charge is 2.38. The fourth-order valence-corrected chi connectivity index (χ4v) is 5.26. The van der Waals surface area contributed by atoms with Crippen molar-refractivity contribution in [3.8, 4) is 11.5 Å². The fraction of sp³-hybridized carbons (Fsp3) is 0.368. The Morgan fingerprint density at radius 1 is 1.00 bits per heavy atom. The molecule has 0 amide bonds. The lowest BCUT2D eigenvalue weighted by atomic mass is 10.1. The Kier molecular flexibility index (Phi) is 7.80. The van der Waals surface area contributed by atoms with E-state index in [1.165, 1.54) is 5.56 Å². The van der Waals surface area contributed by atoms with Gasteiger partial charge in [-0.15, -0.1) is 0 Å². The van der Waals surface area contributed by atoms with Crippen LogP contribution in [0.15, 0.2) is 48.5 Å². The van der Waals surface area contributed by atoms with E-state index in [1.807, 2.05) is 30.3 Å². The Bertz CT molecular complexity index is 920. The lowest BCUT2D eigenvalue weighted by molar-refractivity contribution is 0.360. The number of hydrogen-bond donors (Lipinski definition) is 3. The van der Waals surface area contributed by atoms with E-state index >= 15 is 0 Å². The van der Waals surface area contributed by atoms with Crippen LogP contribution < -0.4 is 4.74 Å². The van der Waals surface area contributed by atoms with Gasteiger partial charge in [0.25, 0.3) is 10.1 Å². The maximum absolute atomic E-state index is 11.2. The molecule has 9 heteroatoms. The van der Waals surface area contributed by atoms with Gasteiger partial charge in [0.1, 0.15) is 11.5 Å². The first-order valence-electron chi connectivity index (χ1n) is 8.97. The Morgan fingerprint density at radius 3 is 2.25 bits per heavy atom. The summed E-state index contributed by atoms with van der Waals surface area (Å²) in [4.78, 5) is 16.1. The Hall–Kier alpha value is -1.70. The van der Waals surface area contributed by atoms with E-state index in [-0.39, 0.29) is 12.8 Å². The van der Waals surface area contributed by atoms with Gasteiger partial charge in [0.15, 0.2) is 4.99 Å². The molecular formula is C19H25O7PS. The highest BCUT2D eigenvalue weighted by molar-refractivity contribution is 7.93. The normalized spacial score (nSPS) is 13.3. The molecule has 2 aromatic rings.